The van der Waals surface area contributed by atoms with Crippen molar-refractivity contribution in [2.45, 2.75) is 50.1 Å². The lowest BCUT2D eigenvalue weighted by atomic mass is 9.90. The molecule has 1 aromatic carbocycles. The number of imide groups is 1. The Kier molecular flexibility index (Phi) is 5.85. The number of hydrogen-bond acceptors (Lipinski definition) is 4. The van der Waals surface area contributed by atoms with Crippen LogP contribution >= 0.6 is 11.3 Å². The van der Waals surface area contributed by atoms with Crippen LogP contribution < -0.4 is 10.6 Å². The second-order valence-electron chi connectivity index (χ2n) is 7.89. The highest BCUT2D eigenvalue weighted by molar-refractivity contribution is 7.10. The van der Waals surface area contributed by atoms with Gasteiger partial charge in [-0.3, -0.25) is 14.5 Å². The molecule has 1 saturated heterocycles. The zero-order valence-corrected chi connectivity index (χ0v) is 17.3. The second-order valence-corrected chi connectivity index (χ2v) is 8.86. The number of urea groups is 1. The highest BCUT2D eigenvalue weighted by Gasteiger charge is 2.51. The van der Waals surface area contributed by atoms with E-state index in [9.17, 15) is 18.8 Å². The van der Waals surface area contributed by atoms with Gasteiger partial charge < -0.3 is 10.6 Å². The zero-order chi connectivity index (χ0) is 21.1. The van der Waals surface area contributed by atoms with Crippen LogP contribution in [0.4, 0.5) is 9.18 Å². The molecule has 30 heavy (non-hydrogen) atoms. The molecule has 8 heteroatoms. The lowest BCUT2D eigenvalue weighted by Crippen LogP contribution is -2.47. The number of carbonyl (C=O) groups is 3. The Hall–Kier alpha value is -2.74. The van der Waals surface area contributed by atoms with Gasteiger partial charge in [0.2, 0.25) is 5.91 Å². The molecule has 2 heterocycles. The van der Waals surface area contributed by atoms with E-state index in [2.05, 4.69) is 10.6 Å². The molecule has 1 spiro atoms. The molecule has 1 saturated carbocycles. The Morgan fingerprint density at radius 3 is 2.47 bits per heavy atom. The fraction of sp³-hybridized carbons (Fsp3) is 0.409. The van der Waals surface area contributed by atoms with E-state index in [4.69, 9.17) is 0 Å². The maximum Gasteiger partial charge on any atom is 0.325 e. The topological polar surface area (TPSA) is 78.5 Å². The van der Waals surface area contributed by atoms with Crippen molar-refractivity contribution >= 4 is 29.2 Å². The summed E-state index contributed by atoms with van der Waals surface area (Å²) in [5, 5.41) is 7.65. The molecule has 2 aliphatic rings. The van der Waals surface area contributed by atoms with Gasteiger partial charge in [-0.15, -0.1) is 11.3 Å². The highest BCUT2D eigenvalue weighted by Crippen LogP contribution is 2.33. The van der Waals surface area contributed by atoms with Gasteiger partial charge >= 0.3 is 6.03 Å². The van der Waals surface area contributed by atoms with Gasteiger partial charge in [0.1, 0.15) is 17.9 Å². The first-order valence-corrected chi connectivity index (χ1v) is 11.1. The standard InChI is InChI=1S/C22H24FN3O3S/c23-16-9-7-15(8-10-16)19(17-6-5-13-30-17)24-18(27)14-26-20(28)22(25-21(26)29)11-3-1-2-4-12-22/h5-10,13,19H,1-4,11-12,14H2,(H,24,27)(H,25,29). The van der Waals surface area contributed by atoms with E-state index < -0.39 is 23.5 Å². The van der Waals surface area contributed by atoms with Crippen LogP contribution in [0.2, 0.25) is 0 Å². The van der Waals surface area contributed by atoms with Crippen LogP contribution in [0.15, 0.2) is 41.8 Å². The van der Waals surface area contributed by atoms with Gasteiger partial charge in [-0.2, -0.15) is 0 Å². The normalized spacial score (nSPS) is 19.4. The molecule has 1 aromatic heterocycles. The third-order valence-electron chi connectivity index (χ3n) is 5.84. The Balaban J connectivity index is 1.49. The number of carbonyl (C=O) groups excluding carboxylic acids is 3. The molecular formula is C22H24FN3O3S. The van der Waals surface area contributed by atoms with Crippen molar-refractivity contribution in [2.75, 3.05) is 6.54 Å². The molecule has 6 nitrogen and oxygen atoms in total. The maximum atomic E-state index is 13.3. The highest BCUT2D eigenvalue weighted by atomic mass is 32.1. The van der Waals surface area contributed by atoms with Crippen LogP contribution in [-0.2, 0) is 9.59 Å². The third kappa shape index (κ3) is 4.09. The van der Waals surface area contributed by atoms with Gasteiger partial charge in [-0.05, 0) is 42.0 Å². The van der Waals surface area contributed by atoms with E-state index in [0.29, 0.717) is 12.8 Å². The minimum atomic E-state index is -0.863. The summed E-state index contributed by atoms with van der Waals surface area (Å²) in [6.07, 6.45) is 5.09. The first-order chi connectivity index (χ1) is 14.5. The van der Waals surface area contributed by atoms with Crippen molar-refractivity contribution in [3.63, 3.8) is 0 Å². The summed E-state index contributed by atoms with van der Waals surface area (Å²) in [5.74, 6) is -1.10. The Morgan fingerprint density at radius 2 is 1.83 bits per heavy atom. The van der Waals surface area contributed by atoms with Crippen molar-refractivity contribution in [3.8, 4) is 0 Å². The average Bonchev–Trinajstić information content (AvgIpc) is 3.25. The number of halogens is 1. The summed E-state index contributed by atoms with van der Waals surface area (Å²) < 4.78 is 13.3. The van der Waals surface area contributed by atoms with Gasteiger partial charge in [-0.1, -0.05) is 43.9 Å². The third-order valence-corrected chi connectivity index (χ3v) is 6.78. The predicted molar refractivity (Wildman–Crippen MR) is 111 cm³/mol. The van der Waals surface area contributed by atoms with Crippen molar-refractivity contribution in [1.29, 1.82) is 0 Å². The lowest BCUT2D eigenvalue weighted by Gasteiger charge is -2.25. The number of nitrogens with one attached hydrogen (secondary N) is 2. The van der Waals surface area contributed by atoms with Crippen molar-refractivity contribution in [2.24, 2.45) is 0 Å². The lowest BCUT2D eigenvalue weighted by molar-refractivity contribution is -0.135. The smallest absolute Gasteiger partial charge is 0.325 e. The van der Waals surface area contributed by atoms with Gasteiger partial charge in [-0.25, -0.2) is 9.18 Å². The van der Waals surface area contributed by atoms with Crippen LogP contribution in [0.5, 0.6) is 0 Å². The molecule has 1 atom stereocenters. The second kappa shape index (κ2) is 8.55. The fourth-order valence-corrected chi connectivity index (χ4v) is 5.07. The van der Waals surface area contributed by atoms with Crippen LogP contribution in [0.1, 0.15) is 55.0 Å². The monoisotopic (exact) mass is 429 g/mol. The van der Waals surface area contributed by atoms with Crippen LogP contribution in [0.3, 0.4) is 0 Å². The van der Waals surface area contributed by atoms with Crippen LogP contribution in [-0.4, -0.2) is 34.8 Å². The average molecular weight is 430 g/mol. The Bertz CT molecular complexity index is 922. The quantitative estimate of drug-likeness (QED) is 0.711. The molecular weight excluding hydrogens is 405 g/mol. The summed E-state index contributed by atoms with van der Waals surface area (Å²) >= 11 is 1.47. The van der Waals surface area contributed by atoms with E-state index in [1.807, 2.05) is 17.5 Å². The van der Waals surface area contributed by atoms with E-state index in [0.717, 1.165) is 41.0 Å². The van der Waals surface area contributed by atoms with E-state index >= 15 is 0 Å². The number of thiophene rings is 1. The first-order valence-electron chi connectivity index (χ1n) is 10.2. The van der Waals surface area contributed by atoms with Crippen molar-refractivity contribution < 1.29 is 18.8 Å². The molecule has 4 amide bonds. The van der Waals surface area contributed by atoms with Gasteiger partial charge in [0.25, 0.3) is 5.91 Å². The van der Waals surface area contributed by atoms with Gasteiger partial charge in [0.05, 0.1) is 6.04 Å². The molecule has 0 bridgehead atoms. The molecule has 0 radical (unpaired) electrons. The Morgan fingerprint density at radius 1 is 1.13 bits per heavy atom. The molecule has 1 aliphatic heterocycles. The SMILES string of the molecule is O=C(CN1C(=O)NC2(CCCCCC2)C1=O)NC(c1ccc(F)cc1)c1cccs1. The molecule has 2 fully saturated rings. The predicted octanol–water partition coefficient (Wildman–Crippen LogP) is 3.74. The van der Waals surface area contributed by atoms with E-state index in [1.54, 1.807) is 12.1 Å². The molecule has 1 aliphatic carbocycles. The number of benzene rings is 1. The first kappa shape index (κ1) is 20.5. The summed E-state index contributed by atoms with van der Waals surface area (Å²) in [7, 11) is 0. The Labute approximate surface area is 178 Å². The molecule has 4 rings (SSSR count). The molecule has 158 valence electrons. The fourth-order valence-electron chi connectivity index (χ4n) is 4.27. The summed E-state index contributed by atoms with van der Waals surface area (Å²) in [4.78, 5) is 40.3. The molecule has 1 unspecified atom stereocenters. The summed E-state index contributed by atoms with van der Waals surface area (Å²) in [6.45, 7) is -0.338. The van der Waals surface area contributed by atoms with E-state index in [1.165, 1.54) is 23.5 Å². The number of hydrogen-bond donors (Lipinski definition) is 2. The minimum Gasteiger partial charge on any atom is -0.343 e. The van der Waals surface area contributed by atoms with Crippen LogP contribution in [0, 0.1) is 5.82 Å². The maximum absolute atomic E-state index is 13.3. The summed E-state index contributed by atoms with van der Waals surface area (Å²) in [6, 6.07) is 8.69. The van der Waals surface area contributed by atoms with Crippen molar-refractivity contribution in [3.05, 3.63) is 58.0 Å². The van der Waals surface area contributed by atoms with E-state index in [-0.39, 0.29) is 18.3 Å². The van der Waals surface area contributed by atoms with Gasteiger partial charge in [0, 0.05) is 4.88 Å². The zero-order valence-electron chi connectivity index (χ0n) is 16.5. The molecule has 2 aromatic rings. The number of amides is 4. The number of nitrogens with zero attached hydrogens (tertiary/aromatic N) is 1. The van der Waals surface area contributed by atoms with Crippen LogP contribution in [0.25, 0.3) is 0 Å². The largest absolute Gasteiger partial charge is 0.343 e. The van der Waals surface area contributed by atoms with Crippen molar-refractivity contribution in [1.82, 2.24) is 15.5 Å². The molecule has 2 N–H and O–H groups in total. The van der Waals surface area contributed by atoms with Gasteiger partial charge in [0.15, 0.2) is 0 Å². The summed E-state index contributed by atoms with van der Waals surface area (Å²) in [5.41, 5.74) is -0.137. The number of rotatable bonds is 5. The minimum absolute atomic E-state index is 0.306.